The van der Waals surface area contributed by atoms with E-state index in [0.29, 0.717) is 30.4 Å². The van der Waals surface area contributed by atoms with Crippen molar-refractivity contribution < 1.29 is 13.2 Å². The molecule has 0 spiro atoms. The first-order chi connectivity index (χ1) is 16.2. The fourth-order valence-corrected chi connectivity index (χ4v) is 5.75. The van der Waals surface area contributed by atoms with Crippen LogP contribution in [0.4, 0.5) is 0 Å². The molecule has 0 bridgehead atoms. The molecule has 2 heterocycles. The zero-order valence-corrected chi connectivity index (χ0v) is 20.1. The van der Waals surface area contributed by atoms with Crippen molar-refractivity contribution in [1.29, 1.82) is 0 Å². The maximum Gasteiger partial charge on any atom is 0.331 e. The molecular formula is C24H28N4O5S. The number of hydrogen-bond donors (Lipinski definition) is 0. The van der Waals surface area contributed by atoms with Crippen molar-refractivity contribution in [3.63, 3.8) is 0 Å². The Balaban J connectivity index is 1.56. The third-order valence-corrected chi connectivity index (χ3v) is 8.12. The molecule has 34 heavy (non-hydrogen) atoms. The quantitative estimate of drug-likeness (QED) is 0.545. The summed E-state index contributed by atoms with van der Waals surface area (Å²) in [5.74, 6) is -0.289. The summed E-state index contributed by atoms with van der Waals surface area (Å²) in [5.41, 5.74) is 0.481. The molecule has 1 aliphatic rings. The zero-order valence-electron chi connectivity index (χ0n) is 19.3. The Kier molecular flexibility index (Phi) is 6.72. The number of hydrogen-bond acceptors (Lipinski definition) is 5. The maximum atomic E-state index is 13.2. The van der Waals surface area contributed by atoms with Crippen molar-refractivity contribution in [1.82, 2.24) is 18.3 Å². The molecule has 4 rings (SSSR count). The Hall–Kier alpha value is -3.24. The number of aryl methyl sites for hydroxylation is 1. The van der Waals surface area contributed by atoms with Gasteiger partial charge < -0.3 is 4.90 Å². The van der Waals surface area contributed by atoms with Crippen molar-refractivity contribution in [3.05, 3.63) is 74.9 Å². The van der Waals surface area contributed by atoms with E-state index in [1.165, 1.54) is 8.87 Å². The van der Waals surface area contributed by atoms with Gasteiger partial charge in [0.1, 0.15) is 6.54 Å². The van der Waals surface area contributed by atoms with Crippen LogP contribution in [0.5, 0.6) is 0 Å². The molecule has 1 aromatic heterocycles. The lowest BCUT2D eigenvalue weighted by Crippen LogP contribution is -2.44. The highest BCUT2D eigenvalue weighted by molar-refractivity contribution is 7.89. The van der Waals surface area contributed by atoms with Crippen molar-refractivity contribution in [2.24, 2.45) is 0 Å². The molecule has 2 aromatic carbocycles. The van der Waals surface area contributed by atoms with Gasteiger partial charge in [-0.05, 0) is 44.5 Å². The highest BCUT2D eigenvalue weighted by Crippen LogP contribution is 2.18. The second-order valence-corrected chi connectivity index (χ2v) is 10.3. The fourth-order valence-electron chi connectivity index (χ4n) is 4.28. The molecular weight excluding hydrogens is 456 g/mol. The highest BCUT2D eigenvalue weighted by atomic mass is 32.2. The van der Waals surface area contributed by atoms with Crippen molar-refractivity contribution >= 4 is 26.8 Å². The number of para-hydroxylation sites is 1. The molecule has 1 saturated heterocycles. The summed E-state index contributed by atoms with van der Waals surface area (Å²) < 4.78 is 30.0. The van der Waals surface area contributed by atoms with E-state index in [9.17, 15) is 22.8 Å². The van der Waals surface area contributed by atoms with E-state index in [0.717, 1.165) is 10.1 Å². The summed E-state index contributed by atoms with van der Waals surface area (Å²) in [6, 6.07) is 13.5. The van der Waals surface area contributed by atoms with Gasteiger partial charge in [-0.25, -0.2) is 13.2 Å². The minimum atomic E-state index is -3.66. The number of rotatable bonds is 5. The smallest absolute Gasteiger partial charge is 0.331 e. The van der Waals surface area contributed by atoms with Gasteiger partial charge in [-0.2, -0.15) is 4.31 Å². The normalized spacial score (nSPS) is 15.4. The number of carbonyl (C=O) groups is 1. The third kappa shape index (κ3) is 4.43. The van der Waals surface area contributed by atoms with Crippen LogP contribution in [0.25, 0.3) is 10.9 Å². The second kappa shape index (κ2) is 9.55. The first-order valence-corrected chi connectivity index (χ1v) is 12.7. The molecule has 180 valence electrons. The van der Waals surface area contributed by atoms with E-state index in [2.05, 4.69) is 0 Å². The van der Waals surface area contributed by atoms with Crippen LogP contribution in [0.1, 0.15) is 18.9 Å². The summed E-state index contributed by atoms with van der Waals surface area (Å²) in [5, 5.41) is 0.378. The number of nitrogens with zero attached hydrogens (tertiary/aromatic N) is 4. The number of sulfonamides is 1. The number of amides is 1. The van der Waals surface area contributed by atoms with Gasteiger partial charge in [0.25, 0.3) is 5.56 Å². The summed E-state index contributed by atoms with van der Waals surface area (Å²) >= 11 is 0. The van der Waals surface area contributed by atoms with Gasteiger partial charge in [0.05, 0.1) is 15.8 Å². The van der Waals surface area contributed by atoms with E-state index in [-0.39, 0.29) is 42.5 Å². The molecule has 0 N–H and O–H groups in total. The van der Waals surface area contributed by atoms with Crippen molar-refractivity contribution in [3.8, 4) is 0 Å². The third-order valence-electron chi connectivity index (χ3n) is 6.21. The molecule has 3 aromatic rings. The highest BCUT2D eigenvalue weighted by Gasteiger charge is 2.28. The van der Waals surface area contributed by atoms with E-state index in [1.807, 2.05) is 6.92 Å². The van der Waals surface area contributed by atoms with Crippen LogP contribution in [-0.4, -0.2) is 58.8 Å². The summed E-state index contributed by atoms with van der Waals surface area (Å²) in [6.45, 7) is 4.68. The second-order valence-electron chi connectivity index (χ2n) is 8.39. The summed E-state index contributed by atoms with van der Waals surface area (Å²) in [7, 11) is -3.66. The van der Waals surface area contributed by atoms with Gasteiger partial charge >= 0.3 is 5.69 Å². The van der Waals surface area contributed by atoms with Crippen LogP contribution >= 0.6 is 0 Å². The van der Waals surface area contributed by atoms with Gasteiger partial charge in [0, 0.05) is 32.7 Å². The van der Waals surface area contributed by atoms with E-state index in [1.54, 1.807) is 60.4 Å². The number of carbonyl (C=O) groups excluding carboxylic acids is 1. The van der Waals surface area contributed by atoms with Gasteiger partial charge in [-0.3, -0.25) is 18.7 Å². The van der Waals surface area contributed by atoms with Crippen molar-refractivity contribution in [2.75, 3.05) is 26.2 Å². The van der Waals surface area contributed by atoms with Crippen molar-refractivity contribution in [2.45, 2.75) is 38.3 Å². The SMILES string of the molecule is CCn1c(=O)c2ccccc2n(CC(=O)N2CCCN(S(=O)(=O)c3ccc(C)cc3)CC2)c1=O. The minimum Gasteiger partial charge on any atom is -0.340 e. The molecule has 1 fully saturated rings. The lowest BCUT2D eigenvalue weighted by molar-refractivity contribution is -0.131. The zero-order chi connectivity index (χ0) is 24.5. The topological polar surface area (TPSA) is 102 Å². The molecule has 0 atom stereocenters. The van der Waals surface area contributed by atoms with E-state index in [4.69, 9.17) is 0 Å². The van der Waals surface area contributed by atoms with Crippen LogP contribution in [0.15, 0.2) is 63.0 Å². The molecule has 0 radical (unpaired) electrons. The van der Waals surface area contributed by atoms with Crippen LogP contribution in [0.2, 0.25) is 0 Å². The summed E-state index contributed by atoms with van der Waals surface area (Å²) in [6.07, 6.45) is 0.487. The Labute approximate surface area is 197 Å². The Bertz CT molecular complexity index is 1440. The molecule has 0 saturated carbocycles. The van der Waals surface area contributed by atoms with Crippen LogP contribution in [-0.2, 0) is 27.9 Å². The standard InChI is InChI=1S/C24H28N4O5S/c1-3-27-23(30)20-7-4-5-8-21(20)28(24(27)31)17-22(29)25-13-6-14-26(16-15-25)34(32,33)19-11-9-18(2)10-12-19/h4-5,7-12H,3,6,13-17H2,1-2H3. The molecule has 1 amide bonds. The first-order valence-electron chi connectivity index (χ1n) is 11.3. The van der Waals surface area contributed by atoms with E-state index < -0.39 is 15.7 Å². The lowest BCUT2D eigenvalue weighted by Gasteiger charge is -2.23. The van der Waals surface area contributed by atoms with Gasteiger partial charge in [-0.1, -0.05) is 29.8 Å². The number of fused-ring (bicyclic) bond motifs is 1. The maximum absolute atomic E-state index is 13.2. The minimum absolute atomic E-state index is 0.173. The molecule has 10 heteroatoms. The molecule has 0 unspecified atom stereocenters. The van der Waals surface area contributed by atoms with Crippen LogP contribution in [0.3, 0.4) is 0 Å². The Morgan fingerprint density at radius 1 is 0.912 bits per heavy atom. The van der Waals surface area contributed by atoms with Gasteiger partial charge in [-0.15, -0.1) is 0 Å². The van der Waals surface area contributed by atoms with Crippen LogP contribution < -0.4 is 11.2 Å². The van der Waals surface area contributed by atoms with Gasteiger partial charge in [0.15, 0.2) is 0 Å². The fraction of sp³-hybridized carbons (Fsp3) is 0.375. The predicted molar refractivity (Wildman–Crippen MR) is 129 cm³/mol. The molecule has 9 nitrogen and oxygen atoms in total. The Morgan fingerprint density at radius 2 is 1.62 bits per heavy atom. The predicted octanol–water partition coefficient (Wildman–Crippen LogP) is 1.41. The summed E-state index contributed by atoms with van der Waals surface area (Å²) in [4.78, 5) is 40.6. The van der Waals surface area contributed by atoms with Crippen LogP contribution in [0, 0.1) is 6.92 Å². The Morgan fingerprint density at radius 3 is 2.32 bits per heavy atom. The van der Waals surface area contributed by atoms with Gasteiger partial charge in [0.2, 0.25) is 15.9 Å². The van der Waals surface area contributed by atoms with E-state index >= 15 is 0 Å². The largest absolute Gasteiger partial charge is 0.340 e. The molecule has 1 aliphatic heterocycles. The monoisotopic (exact) mass is 484 g/mol. The average Bonchev–Trinajstić information content (AvgIpc) is 3.09. The number of benzene rings is 2. The average molecular weight is 485 g/mol. The lowest BCUT2D eigenvalue weighted by atomic mass is 10.2. The first kappa shape index (κ1) is 23.9. The number of aromatic nitrogens is 2. The molecule has 0 aliphatic carbocycles.